The van der Waals surface area contributed by atoms with Gasteiger partial charge in [-0.15, -0.1) is 0 Å². The molecule has 0 heterocycles. The third-order valence-electron chi connectivity index (χ3n) is 3.54. The zero-order valence-corrected chi connectivity index (χ0v) is 12.4. The SMILES string of the molecule is CCN(CC)c1cc(OC)c(N)cc1-c1ccccc1. The number of ether oxygens (including phenoxy) is 1. The van der Waals surface area contributed by atoms with Crippen molar-refractivity contribution in [1.29, 1.82) is 0 Å². The van der Waals surface area contributed by atoms with Crippen LogP contribution in [0.3, 0.4) is 0 Å². The van der Waals surface area contributed by atoms with Crippen molar-refractivity contribution in [2.45, 2.75) is 13.8 Å². The Morgan fingerprint density at radius 1 is 1.05 bits per heavy atom. The van der Waals surface area contributed by atoms with Gasteiger partial charge in [0.1, 0.15) is 5.75 Å². The maximum Gasteiger partial charge on any atom is 0.143 e. The largest absolute Gasteiger partial charge is 0.495 e. The number of nitrogens with two attached hydrogens (primary N) is 1. The summed E-state index contributed by atoms with van der Waals surface area (Å²) in [5, 5.41) is 0. The molecule has 0 radical (unpaired) electrons. The van der Waals surface area contributed by atoms with E-state index >= 15 is 0 Å². The van der Waals surface area contributed by atoms with Gasteiger partial charge < -0.3 is 15.4 Å². The van der Waals surface area contributed by atoms with Gasteiger partial charge in [-0.2, -0.15) is 0 Å². The second-order valence-corrected chi connectivity index (χ2v) is 4.65. The molecule has 2 aromatic rings. The van der Waals surface area contributed by atoms with Crippen LogP contribution >= 0.6 is 0 Å². The van der Waals surface area contributed by atoms with E-state index in [1.807, 2.05) is 30.3 Å². The second kappa shape index (κ2) is 6.33. The topological polar surface area (TPSA) is 38.5 Å². The van der Waals surface area contributed by atoms with Crippen molar-refractivity contribution in [1.82, 2.24) is 0 Å². The summed E-state index contributed by atoms with van der Waals surface area (Å²) in [6, 6.07) is 14.4. The number of nitrogens with zero attached hydrogens (tertiary/aromatic N) is 1. The molecule has 0 bridgehead atoms. The maximum absolute atomic E-state index is 6.08. The number of methoxy groups -OCH3 is 1. The number of anilines is 2. The molecule has 3 nitrogen and oxygen atoms in total. The second-order valence-electron chi connectivity index (χ2n) is 4.65. The molecule has 0 aliphatic heterocycles. The molecule has 0 atom stereocenters. The van der Waals surface area contributed by atoms with Gasteiger partial charge in [-0.3, -0.25) is 0 Å². The Morgan fingerprint density at radius 2 is 1.70 bits per heavy atom. The molecule has 0 spiro atoms. The van der Waals surface area contributed by atoms with Crippen molar-refractivity contribution >= 4 is 11.4 Å². The molecule has 106 valence electrons. The summed E-state index contributed by atoms with van der Waals surface area (Å²) in [5.74, 6) is 0.728. The molecule has 2 rings (SSSR count). The molecule has 0 amide bonds. The summed E-state index contributed by atoms with van der Waals surface area (Å²) in [7, 11) is 1.65. The Kier molecular flexibility index (Phi) is 4.51. The Morgan fingerprint density at radius 3 is 2.25 bits per heavy atom. The molecule has 2 N–H and O–H groups in total. The minimum absolute atomic E-state index is 0.669. The average Bonchev–Trinajstić information content (AvgIpc) is 2.50. The van der Waals surface area contributed by atoms with Crippen molar-refractivity contribution in [3.63, 3.8) is 0 Å². The molecule has 0 saturated carbocycles. The van der Waals surface area contributed by atoms with Crippen LogP contribution in [0, 0.1) is 0 Å². The maximum atomic E-state index is 6.08. The van der Waals surface area contributed by atoms with Crippen LogP contribution in [0.2, 0.25) is 0 Å². The summed E-state index contributed by atoms with van der Waals surface area (Å²) in [4.78, 5) is 2.31. The van der Waals surface area contributed by atoms with E-state index < -0.39 is 0 Å². The molecule has 0 fully saturated rings. The lowest BCUT2D eigenvalue weighted by Gasteiger charge is -2.25. The highest BCUT2D eigenvalue weighted by atomic mass is 16.5. The van der Waals surface area contributed by atoms with E-state index in [-0.39, 0.29) is 0 Å². The van der Waals surface area contributed by atoms with Crippen molar-refractivity contribution in [3.05, 3.63) is 42.5 Å². The zero-order valence-electron chi connectivity index (χ0n) is 12.4. The van der Waals surface area contributed by atoms with E-state index in [2.05, 4.69) is 30.9 Å². The van der Waals surface area contributed by atoms with Gasteiger partial charge in [-0.05, 0) is 25.5 Å². The summed E-state index contributed by atoms with van der Waals surface area (Å²) >= 11 is 0. The fourth-order valence-corrected chi connectivity index (χ4v) is 2.44. The Bertz CT molecular complexity index is 563. The van der Waals surface area contributed by atoms with E-state index in [0.29, 0.717) is 5.69 Å². The average molecular weight is 270 g/mol. The van der Waals surface area contributed by atoms with Gasteiger partial charge in [0.25, 0.3) is 0 Å². The summed E-state index contributed by atoms with van der Waals surface area (Å²) in [6.07, 6.45) is 0. The van der Waals surface area contributed by atoms with E-state index in [0.717, 1.165) is 30.1 Å². The molecular formula is C17H22N2O. The van der Waals surface area contributed by atoms with Crippen LogP contribution < -0.4 is 15.4 Å². The van der Waals surface area contributed by atoms with Gasteiger partial charge in [0.05, 0.1) is 12.8 Å². The van der Waals surface area contributed by atoms with Crippen molar-refractivity contribution in [3.8, 4) is 16.9 Å². The minimum atomic E-state index is 0.669. The smallest absolute Gasteiger partial charge is 0.143 e. The van der Waals surface area contributed by atoms with Gasteiger partial charge >= 0.3 is 0 Å². The van der Waals surface area contributed by atoms with E-state index in [9.17, 15) is 0 Å². The van der Waals surface area contributed by atoms with Crippen LogP contribution in [0.25, 0.3) is 11.1 Å². The van der Waals surface area contributed by atoms with Gasteiger partial charge in [-0.1, -0.05) is 30.3 Å². The minimum Gasteiger partial charge on any atom is -0.495 e. The van der Waals surface area contributed by atoms with Crippen LogP contribution in [0.4, 0.5) is 11.4 Å². The van der Waals surface area contributed by atoms with Gasteiger partial charge in [0.2, 0.25) is 0 Å². The van der Waals surface area contributed by atoms with E-state index in [1.165, 1.54) is 5.56 Å². The fraction of sp³-hybridized carbons (Fsp3) is 0.294. The first-order valence-corrected chi connectivity index (χ1v) is 6.99. The van der Waals surface area contributed by atoms with Gasteiger partial charge in [0.15, 0.2) is 0 Å². The summed E-state index contributed by atoms with van der Waals surface area (Å²) in [5.41, 5.74) is 10.2. The number of nitrogen functional groups attached to an aromatic ring is 1. The van der Waals surface area contributed by atoms with Crippen molar-refractivity contribution in [2.24, 2.45) is 0 Å². The number of rotatable bonds is 5. The first kappa shape index (κ1) is 14.3. The normalized spacial score (nSPS) is 10.3. The van der Waals surface area contributed by atoms with Crippen LogP contribution in [0.5, 0.6) is 5.75 Å². The van der Waals surface area contributed by atoms with Crippen LogP contribution in [-0.4, -0.2) is 20.2 Å². The van der Waals surface area contributed by atoms with Crippen molar-refractivity contribution in [2.75, 3.05) is 30.8 Å². The monoisotopic (exact) mass is 270 g/mol. The number of hydrogen-bond acceptors (Lipinski definition) is 3. The van der Waals surface area contributed by atoms with Crippen molar-refractivity contribution < 1.29 is 4.74 Å². The predicted octanol–water partition coefficient (Wildman–Crippen LogP) is 3.79. The molecule has 0 aliphatic rings. The zero-order chi connectivity index (χ0) is 14.5. The molecule has 0 saturated heterocycles. The fourth-order valence-electron chi connectivity index (χ4n) is 2.44. The molecule has 2 aromatic carbocycles. The third kappa shape index (κ3) is 2.72. The Balaban J connectivity index is 2.62. The molecule has 3 heteroatoms. The first-order chi connectivity index (χ1) is 9.71. The Labute approximate surface area is 121 Å². The molecule has 0 aromatic heterocycles. The standard InChI is InChI=1S/C17H22N2O/c1-4-19(5-2)16-12-17(20-3)15(18)11-14(16)13-9-7-6-8-10-13/h6-12H,4-5,18H2,1-3H3. The summed E-state index contributed by atoms with van der Waals surface area (Å²) in [6.45, 7) is 6.20. The summed E-state index contributed by atoms with van der Waals surface area (Å²) < 4.78 is 5.36. The molecular weight excluding hydrogens is 248 g/mol. The number of hydrogen-bond donors (Lipinski definition) is 1. The highest BCUT2D eigenvalue weighted by Crippen LogP contribution is 2.37. The van der Waals surface area contributed by atoms with Gasteiger partial charge in [0, 0.05) is 30.4 Å². The van der Waals surface area contributed by atoms with Gasteiger partial charge in [-0.25, -0.2) is 0 Å². The lowest BCUT2D eigenvalue weighted by molar-refractivity contribution is 0.417. The van der Waals surface area contributed by atoms with Crippen LogP contribution in [0.15, 0.2) is 42.5 Å². The Hall–Kier alpha value is -2.16. The van der Waals surface area contributed by atoms with Crippen LogP contribution in [0.1, 0.15) is 13.8 Å². The lowest BCUT2D eigenvalue weighted by Crippen LogP contribution is -2.22. The molecule has 20 heavy (non-hydrogen) atoms. The van der Waals surface area contributed by atoms with E-state index in [1.54, 1.807) is 7.11 Å². The molecule has 0 unspecified atom stereocenters. The highest BCUT2D eigenvalue weighted by molar-refractivity contribution is 5.84. The lowest BCUT2D eigenvalue weighted by atomic mass is 10.0. The number of benzene rings is 2. The predicted molar refractivity (Wildman–Crippen MR) is 86.4 cm³/mol. The highest BCUT2D eigenvalue weighted by Gasteiger charge is 2.14. The van der Waals surface area contributed by atoms with Crippen LogP contribution in [-0.2, 0) is 0 Å². The molecule has 0 aliphatic carbocycles. The quantitative estimate of drug-likeness (QED) is 0.840. The third-order valence-corrected chi connectivity index (χ3v) is 3.54. The van der Waals surface area contributed by atoms with E-state index in [4.69, 9.17) is 10.5 Å². The first-order valence-electron chi connectivity index (χ1n) is 6.99.